The second-order valence-corrected chi connectivity index (χ2v) is 5.42. The standard InChI is InChI=1S/C19H20N2O2/c1-13-9-10-14(2)17(11-13)21-19(23)18(20-15(3)22)12-16-7-5-4-6-8-16/h4-12H,1-3H3,(H,20,22)(H,21,23). The summed E-state index contributed by atoms with van der Waals surface area (Å²) in [5.74, 6) is -0.638. The molecular formula is C19H20N2O2. The molecule has 0 aromatic heterocycles. The van der Waals surface area contributed by atoms with Crippen LogP contribution in [-0.4, -0.2) is 11.8 Å². The topological polar surface area (TPSA) is 58.2 Å². The number of anilines is 1. The molecule has 2 aromatic rings. The molecule has 4 nitrogen and oxygen atoms in total. The number of carbonyl (C=O) groups excluding carboxylic acids is 2. The van der Waals surface area contributed by atoms with Gasteiger partial charge in [0.25, 0.3) is 5.91 Å². The summed E-state index contributed by atoms with van der Waals surface area (Å²) in [6.45, 7) is 5.27. The Kier molecular flexibility index (Phi) is 5.31. The second kappa shape index (κ2) is 7.40. The lowest BCUT2D eigenvalue weighted by Gasteiger charge is -2.12. The molecule has 2 amide bonds. The number of carbonyl (C=O) groups is 2. The summed E-state index contributed by atoms with van der Waals surface area (Å²) >= 11 is 0. The minimum Gasteiger partial charge on any atom is -0.322 e. The Hall–Kier alpha value is -2.88. The van der Waals surface area contributed by atoms with Gasteiger partial charge in [0.15, 0.2) is 0 Å². The zero-order chi connectivity index (χ0) is 16.8. The molecule has 0 aliphatic rings. The first-order valence-corrected chi connectivity index (χ1v) is 7.38. The minimum atomic E-state index is -0.349. The van der Waals surface area contributed by atoms with Crippen LogP contribution < -0.4 is 10.6 Å². The Labute approximate surface area is 136 Å². The molecule has 23 heavy (non-hydrogen) atoms. The Morgan fingerprint density at radius 2 is 1.70 bits per heavy atom. The van der Waals surface area contributed by atoms with Gasteiger partial charge in [0.2, 0.25) is 5.91 Å². The fraction of sp³-hybridized carbons (Fsp3) is 0.158. The van der Waals surface area contributed by atoms with Crippen LogP contribution in [0.25, 0.3) is 6.08 Å². The van der Waals surface area contributed by atoms with Crippen molar-refractivity contribution >= 4 is 23.6 Å². The number of nitrogens with one attached hydrogen (secondary N) is 2. The van der Waals surface area contributed by atoms with E-state index in [9.17, 15) is 9.59 Å². The minimum absolute atomic E-state index is 0.213. The number of amides is 2. The van der Waals surface area contributed by atoms with E-state index in [2.05, 4.69) is 10.6 Å². The monoisotopic (exact) mass is 308 g/mol. The van der Waals surface area contributed by atoms with Crippen molar-refractivity contribution in [3.05, 3.63) is 70.9 Å². The van der Waals surface area contributed by atoms with Crippen LogP contribution in [0.15, 0.2) is 54.2 Å². The van der Waals surface area contributed by atoms with Crippen LogP contribution in [-0.2, 0) is 9.59 Å². The number of rotatable bonds is 4. The maximum atomic E-state index is 12.5. The van der Waals surface area contributed by atoms with E-state index < -0.39 is 0 Å². The highest BCUT2D eigenvalue weighted by atomic mass is 16.2. The average molecular weight is 308 g/mol. The molecule has 0 fully saturated rings. The predicted molar refractivity (Wildman–Crippen MR) is 92.8 cm³/mol. The summed E-state index contributed by atoms with van der Waals surface area (Å²) in [6.07, 6.45) is 1.65. The van der Waals surface area contributed by atoms with E-state index in [0.717, 1.165) is 22.4 Å². The fourth-order valence-electron chi connectivity index (χ4n) is 2.12. The first-order valence-electron chi connectivity index (χ1n) is 7.38. The van der Waals surface area contributed by atoms with Gasteiger partial charge in [0, 0.05) is 12.6 Å². The maximum absolute atomic E-state index is 12.5. The highest BCUT2D eigenvalue weighted by Crippen LogP contribution is 2.17. The van der Waals surface area contributed by atoms with Gasteiger partial charge in [0.05, 0.1) is 0 Å². The molecule has 0 aliphatic carbocycles. The van der Waals surface area contributed by atoms with Gasteiger partial charge in [-0.3, -0.25) is 9.59 Å². The van der Waals surface area contributed by atoms with Crippen LogP contribution in [0.3, 0.4) is 0 Å². The molecule has 118 valence electrons. The SMILES string of the molecule is CC(=O)NC(=Cc1ccccc1)C(=O)Nc1cc(C)ccc1C. The van der Waals surface area contributed by atoms with Gasteiger partial charge in [-0.05, 0) is 42.7 Å². The predicted octanol–water partition coefficient (Wildman–Crippen LogP) is 3.42. The lowest BCUT2D eigenvalue weighted by molar-refractivity contribution is -0.120. The smallest absolute Gasteiger partial charge is 0.272 e. The van der Waals surface area contributed by atoms with Crippen molar-refractivity contribution in [3.8, 4) is 0 Å². The summed E-state index contributed by atoms with van der Waals surface area (Å²) in [7, 11) is 0. The van der Waals surface area contributed by atoms with E-state index in [1.54, 1.807) is 6.08 Å². The molecule has 0 saturated heterocycles. The third-order valence-electron chi connectivity index (χ3n) is 3.31. The summed E-state index contributed by atoms with van der Waals surface area (Å²) < 4.78 is 0. The molecule has 0 unspecified atom stereocenters. The van der Waals surface area contributed by atoms with Crippen LogP contribution >= 0.6 is 0 Å². The zero-order valence-corrected chi connectivity index (χ0v) is 13.5. The average Bonchev–Trinajstić information content (AvgIpc) is 2.51. The first kappa shape index (κ1) is 16.5. The van der Waals surface area contributed by atoms with Gasteiger partial charge in [0.1, 0.15) is 5.70 Å². The van der Waals surface area contributed by atoms with E-state index >= 15 is 0 Å². The summed E-state index contributed by atoms with van der Waals surface area (Å²) in [4.78, 5) is 23.9. The molecule has 4 heteroatoms. The summed E-state index contributed by atoms with van der Waals surface area (Å²) in [6, 6.07) is 15.2. The molecule has 0 radical (unpaired) electrons. The van der Waals surface area contributed by atoms with Gasteiger partial charge >= 0.3 is 0 Å². The highest BCUT2D eigenvalue weighted by molar-refractivity contribution is 6.08. The van der Waals surface area contributed by atoms with Crippen molar-refractivity contribution in [3.63, 3.8) is 0 Å². The second-order valence-electron chi connectivity index (χ2n) is 5.42. The molecule has 0 spiro atoms. The molecule has 0 aliphatic heterocycles. The molecule has 0 heterocycles. The normalized spacial score (nSPS) is 11.0. The molecule has 0 bridgehead atoms. The summed E-state index contributed by atoms with van der Waals surface area (Å²) in [5.41, 5.74) is 3.81. The fourth-order valence-corrected chi connectivity index (χ4v) is 2.12. The molecule has 2 rings (SSSR count). The largest absolute Gasteiger partial charge is 0.322 e. The van der Waals surface area contributed by atoms with Gasteiger partial charge in [-0.25, -0.2) is 0 Å². The lowest BCUT2D eigenvalue weighted by atomic mass is 10.1. The first-order chi connectivity index (χ1) is 11.0. The van der Waals surface area contributed by atoms with Crippen molar-refractivity contribution in [1.82, 2.24) is 5.32 Å². The molecule has 0 atom stereocenters. The van der Waals surface area contributed by atoms with Gasteiger partial charge < -0.3 is 10.6 Å². The van der Waals surface area contributed by atoms with Gasteiger partial charge in [-0.15, -0.1) is 0 Å². The molecule has 2 N–H and O–H groups in total. The maximum Gasteiger partial charge on any atom is 0.272 e. The van der Waals surface area contributed by atoms with Crippen molar-refractivity contribution in [2.75, 3.05) is 5.32 Å². The van der Waals surface area contributed by atoms with E-state index in [0.29, 0.717) is 0 Å². The van der Waals surface area contributed by atoms with Crippen molar-refractivity contribution < 1.29 is 9.59 Å². The number of hydrogen-bond donors (Lipinski definition) is 2. The lowest BCUT2D eigenvalue weighted by Crippen LogP contribution is -2.29. The third-order valence-corrected chi connectivity index (χ3v) is 3.31. The number of aryl methyl sites for hydroxylation is 2. The number of hydrogen-bond acceptors (Lipinski definition) is 2. The van der Waals surface area contributed by atoms with Crippen LogP contribution in [0.2, 0.25) is 0 Å². The van der Waals surface area contributed by atoms with E-state index in [1.807, 2.05) is 62.4 Å². The highest BCUT2D eigenvalue weighted by Gasteiger charge is 2.12. The van der Waals surface area contributed by atoms with E-state index in [1.165, 1.54) is 6.92 Å². The molecule has 0 saturated carbocycles. The molecular weight excluding hydrogens is 288 g/mol. The third kappa shape index (κ3) is 4.81. The zero-order valence-electron chi connectivity index (χ0n) is 13.5. The summed E-state index contributed by atoms with van der Waals surface area (Å²) in [5, 5.41) is 5.45. The Bertz CT molecular complexity index is 749. The van der Waals surface area contributed by atoms with Crippen molar-refractivity contribution in [2.45, 2.75) is 20.8 Å². The Morgan fingerprint density at radius 1 is 1.00 bits per heavy atom. The Morgan fingerprint density at radius 3 is 2.35 bits per heavy atom. The van der Waals surface area contributed by atoms with Crippen LogP contribution in [0.1, 0.15) is 23.6 Å². The van der Waals surface area contributed by atoms with E-state index in [4.69, 9.17) is 0 Å². The number of benzene rings is 2. The van der Waals surface area contributed by atoms with Crippen molar-refractivity contribution in [1.29, 1.82) is 0 Å². The van der Waals surface area contributed by atoms with Crippen molar-refractivity contribution in [2.24, 2.45) is 0 Å². The van der Waals surface area contributed by atoms with Gasteiger partial charge in [-0.1, -0.05) is 42.5 Å². The van der Waals surface area contributed by atoms with Crippen LogP contribution in [0, 0.1) is 13.8 Å². The van der Waals surface area contributed by atoms with Crippen LogP contribution in [0.4, 0.5) is 5.69 Å². The van der Waals surface area contributed by atoms with Gasteiger partial charge in [-0.2, -0.15) is 0 Å². The van der Waals surface area contributed by atoms with Crippen LogP contribution in [0.5, 0.6) is 0 Å². The molecule has 2 aromatic carbocycles. The quantitative estimate of drug-likeness (QED) is 0.850. The Balaban J connectivity index is 2.28. The van der Waals surface area contributed by atoms with E-state index in [-0.39, 0.29) is 17.5 Å².